The lowest BCUT2D eigenvalue weighted by atomic mass is 10.0. The summed E-state index contributed by atoms with van der Waals surface area (Å²) in [5.41, 5.74) is 2.45. The lowest BCUT2D eigenvalue weighted by Gasteiger charge is -2.02. The van der Waals surface area contributed by atoms with Gasteiger partial charge in [-0.05, 0) is 36.1 Å². The first-order valence-electron chi connectivity index (χ1n) is 8.25. The van der Waals surface area contributed by atoms with Crippen LogP contribution in [0.25, 0.3) is 6.08 Å². The largest absolute Gasteiger partial charge is 0.478 e. The van der Waals surface area contributed by atoms with Crippen LogP contribution >= 0.6 is 0 Å². The highest BCUT2D eigenvalue weighted by molar-refractivity contribution is 6.12. The third-order valence-corrected chi connectivity index (χ3v) is 3.90. The van der Waals surface area contributed by atoms with Gasteiger partial charge in [0.2, 0.25) is 0 Å². The summed E-state index contributed by atoms with van der Waals surface area (Å²) in [6.45, 7) is 2.19. The Balaban J connectivity index is 2.05. The quantitative estimate of drug-likeness (QED) is 0.422. The first kappa shape index (κ1) is 17.7. The van der Waals surface area contributed by atoms with Crippen LogP contribution in [0.1, 0.15) is 58.0 Å². The molecule has 0 saturated carbocycles. The predicted octanol–water partition coefficient (Wildman–Crippen LogP) is 5.01. The molecule has 24 heavy (non-hydrogen) atoms. The van der Waals surface area contributed by atoms with E-state index in [9.17, 15) is 9.59 Å². The van der Waals surface area contributed by atoms with Gasteiger partial charge in [0.1, 0.15) is 0 Å². The van der Waals surface area contributed by atoms with E-state index in [1.165, 1.54) is 43.0 Å². The van der Waals surface area contributed by atoms with Crippen molar-refractivity contribution < 1.29 is 14.7 Å². The summed E-state index contributed by atoms with van der Waals surface area (Å²) in [7, 11) is 0. The van der Waals surface area contributed by atoms with Gasteiger partial charge in [-0.15, -0.1) is 0 Å². The number of unbranched alkanes of at least 4 members (excludes halogenated alkanes) is 2. The fourth-order valence-electron chi connectivity index (χ4n) is 2.52. The molecule has 0 amide bonds. The number of allylic oxidation sites excluding steroid dienone is 1. The number of carboxylic acids is 1. The molecule has 0 aromatic heterocycles. The molecular weight excluding hydrogens is 300 g/mol. The Morgan fingerprint density at radius 2 is 1.62 bits per heavy atom. The van der Waals surface area contributed by atoms with Crippen LogP contribution in [-0.2, 0) is 6.42 Å². The number of aromatic carboxylic acids is 1. The molecule has 0 atom stereocenters. The van der Waals surface area contributed by atoms with Gasteiger partial charge in [0.05, 0.1) is 5.56 Å². The highest BCUT2D eigenvalue weighted by atomic mass is 16.4. The molecule has 0 radical (unpaired) electrons. The highest BCUT2D eigenvalue weighted by Crippen LogP contribution is 2.13. The van der Waals surface area contributed by atoms with Crippen LogP contribution < -0.4 is 0 Å². The van der Waals surface area contributed by atoms with Gasteiger partial charge < -0.3 is 5.11 Å². The van der Waals surface area contributed by atoms with Crippen LogP contribution in [0.2, 0.25) is 0 Å². The maximum Gasteiger partial charge on any atom is 0.336 e. The molecule has 0 fully saturated rings. The third-order valence-electron chi connectivity index (χ3n) is 3.90. The van der Waals surface area contributed by atoms with Gasteiger partial charge in [0, 0.05) is 5.56 Å². The first-order valence-corrected chi connectivity index (χ1v) is 8.25. The topological polar surface area (TPSA) is 54.4 Å². The number of ketones is 1. The number of rotatable bonds is 8. The van der Waals surface area contributed by atoms with Crippen LogP contribution in [0.4, 0.5) is 0 Å². The lowest BCUT2D eigenvalue weighted by molar-refractivity contribution is 0.0693. The number of carbonyl (C=O) groups excluding carboxylic acids is 1. The number of hydrogen-bond donors (Lipinski definition) is 1. The van der Waals surface area contributed by atoms with Crippen molar-refractivity contribution in [3.63, 3.8) is 0 Å². The summed E-state index contributed by atoms with van der Waals surface area (Å²) < 4.78 is 0. The van der Waals surface area contributed by atoms with Gasteiger partial charge in [0.25, 0.3) is 0 Å². The zero-order valence-electron chi connectivity index (χ0n) is 13.9. The zero-order valence-corrected chi connectivity index (χ0v) is 13.9. The van der Waals surface area contributed by atoms with Gasteiger partial charge in [-0.1, -0.05) is 68.3 Å². The van der Waals surface area contributed by atoms with Crippen LogP contribution in [0, 0.1) is 0 Å². The minimum Gasteiger partial charge on any atom is -0.478 e. The lowest BCUT2D eigenvalue weighted by Crippen LogP contribution is -2.06. The molecule has 0 aliphatic rings. The first-order chi connectivity index (χ1) is 11.6. The zero-order chi connectivity index (χ0) is 17.4. The second-order valence-corrected chi connectivity index (χ2v) is 5.75. The monoisotopic (exact) mass is 322 g/mol. The Kier molecular flexibility index (Phi) is 6.50. The van der Waals surface area contributed by atoms with E-state index < -0.39 is 5.97 Å². The van der Waals surface area contributed by atoms with E-state index in [1.54, 1.807) is 18.2 Å². The molecule has 0 spiro atoms. The van der Waals surface area contributed by atoms with Gasteiger partial charge >= 0.3 is 5.97 Å². The Bertz CT molecular complexity index is 727. The van der Waals surface area contributed by atoms with Crippen LogP contribution in [-0.4, -0.2) is 16.9 Å². The number of benzene rings is 2. The molecule has 2 aromatic carbocycles. The standard InChI is InChI=1S/C21H22O3/c1-2-3-4-7-16-10-12-17(13-11-16)14-15-20(22)18-8-5-6-9-19(18)21(23)24/h5-6,8-15H,2-4,7H2,1H3,(H,23,24)/b15-14+. The average molecular weight is 322 g/mol. The summed E-state index contributed by atoms with van der Waals surface area (Å²) in [6, 6.07) is 14.4. The summed E-state index contributed by atoms with van der Waals surface area (Å²) in [5, 5.41) is 9.14. The smallest absolute Gasteiger partial charge is 0.336 e. The van der Waals surface area contributed by atoms with E-state index in [0.717, 1.165) is 12.0 Å². The number of hydrogen-bond acceptors (Lipinski definition) is 2. The molecule has 2 rings (SSSR count). The van der Waals surface area contributed by atoms with Gasteiger partial charge in [-0.2, -0.15) is 0 Å². The summed E-state index contributed by atoms with van der Waals surface area (Å²) in [6.07, 6.45) is 7.85. The van der Waals surface area contributed by atoms with E-state index in [1.807, 2.05) is 12.1 Å². The SMILES string of the molecule is CCCCCc1ccc(/C=C/C(=O)c2ccccc2C(=O)O)cc1. The molecular formula is C21H22O3. The molecule has 1 N–H and O–H groups in total. The Morgan fingerprint density at radius 3 is 2.25 bits per heavy atom. The van der Waals surface area contributed by atoms with E-state index in [0.29, 0.717) is 0 Å². The van der Waals surface area contributed by atoms with E-state index in [-0.39, 0.29) is 16.9 Å². The highest BCUT2D eigenvalue weighted by Gasteiger charge is 2.13. The fraction of sp³-hybridized carbons (Fsp3) is 0.238. The minimum absolute atomic E-state index is 0.0263. The number of carboxylic acid groups (broad SMARTS) is 1. The van der Waals surface area contributed by atoms with Crippen molar-refractivity contribution in [2.75, 3.05) is 0 Å². The van der Waals surface area contributed by atoms with Crippen molar-refractivity contribution in [2.24, 2.45) is 0 Å². The molecule has 0 saturated heterocycles. The van der Waals surface area contributed by atoms with E-state index in [2.05, 4.69) is 19.1 Å². The van der Waals surface area contributed by atoms with Crippen LogP contribution in [0.5, 0.6) is 0 Å². The maximum atomic E-state index is 12.2. The molecule has 0 heterocycles. The van der Waals surface area contributed by atoms with E-state index >= 15 is 0 Å². The normalized spacial score (nSPS) is 10.9. The average Bonchev–Trinajstić information content (AvgIpc) is 2.61. The Hall–Kier alpha value is -2.68. The van der Waals surface area contributed by atoms with Gasteiger partial charge in [-0.3, -0.25) is 4.79 Å². The second kappa shape index (κ2) is 8.82. The molecule has 2 aromatic rings. The summed E-state index contributed by atoms with van der Waals surface area (Å²) in [4.78, 5) is 23.4. The molecule has 124 valence electrons. The van der Waals surface area contributed by atoms with Crippen molar-refractivity contribution >= 4 is 17.8 Å². The molecule has 0 bridgehead atoms. The van der Waals surface area contributed by atoms with Crippen LogP contribution in [0.15, 0.2) is 54.6 Å². The number of aryl methyl sites for hydroxylation is 1. The molecule has 3 nitrogen and oxygen atoms in total. The van der Waals surface area contributed by atoms with Crippen molar-refractivity contribution in [2.45, 2.75) is 32.6 Å². The Labute approximate surface area is 142 Å². The van der Waals surface area contributed by atoms with Crippen molar-refractivity contribution in [1.82, 2.24) is 0 Å². The fourth-order valence-corrected chi connectivity index (χ4v) is 2.52. The van der Waals surface area contributed by atoms with Crippen molar-refractivity contribution in [3.05, 3.63) is 76.9 Å². The molecule has 3 heteroatoms. The predicted molar refractivity (Wildman–Crippen MR) is 96.4 cm³/mol. The van der Waals surface area contributed by atoms with Crippen molar-refractivity contribution in [3.8, 4) is 0 Å². The molecule has 0 aliphatic carbocycles. The van der Waals surface area contributed by atoms with Gasteiger partial charge in [0.15, 0.2) is 5.78 Å². The molecule has 0 unspecified atom stereocenters. The maximum absolute atomic E-state index is 12.2. The number of carbonyl (C=O) groups is 2. The minimum atomic E-state index is -1.09. The van der Waals surface area contributed by atoms with Crippen molar-refractivity contribution in [1.29, 1.82) is 0 Å². The molecule has 0 aliphatic heterocycles. The van der Waals surface area contributed by atoms with Crippen LogP contribution in [0.3, 0.4) is 0 Å². The third kappa shape index (κ3) is 4.92. The summed E-state index contributed by atoms with van der Waals surface area (Å²) >= 11 is 0. The van der Waals surface area contributed by atoms with E-state index in [4.69, 9.17) is 5.11 Å². The second-order valence-electron chi connectivity index (χ2n) is 5.75. The van der Waals surface area contributed by atoms with Gasteiger partial charge in [-0.25, -0.2) is 4.79 Å². The Morgan fingerprint density at radius 1 is 0.958 bits per heavy atom. The summed E-state index contributed by atoms with van der Waals surface area (Å²) in [5.74, 6) is -1.40.